The summed E-state index contributed by atoms with van der Waals surface area (Å²) in [5, 5.41) is 11.4. The SMILES string of the molecule is C=CCCC(NC(=O)C/C=C/c1ccc(F)cc1)C(=O)O. The normalized spacial score (nSPS) is 12.0. The highest BCUT2D eigenvalue weighted by atomic mass is 19.1. The van der Waals surface area contributed by atoms with Crippen molar-refractivity contribution < 1.29 is 19.1 Å². The molecule has 0 aliphatic carbocycles. The van der Waals surface area contributed by atoms with Gasteiger partial charge in [0.05, 0.1) is 0 Å². The minimum absolute atomic E-state index is 0.0647. The predicted octanol–water partition coefficient (Wildman–Crippen LogP) is 2.76. The summed E-state index contributed by atoms with van der Waals surface area (Å²) in [5.74, 6) is -1.76. The third-order valence-corrected chi connectivity index (χ3v) is 2.78. The summed E-state index contributed by atoms with van der Waals surface area (Å²) >= 11 is 0. The average molecular weight is 291 g/mol. The van der Waals surface area contributed by atoms with Crippen molar-refractivity contribution in [1.29, 1.82) is 0 Å². The molecule has 1 rings (SSSR count). The van der Waals surface area contributed by atoms with Gasteiger partial charge in [0.15, 0.2) is 0 Å². The largest absolute Gasteiger partial charge is 0.480 e. The van der Waals surface area contributed by atoms with Crippen LogP contribution in [0, 0.1) is 5.82 Å². The van der Waals surface area contributed by atoms with Crippen molar-refractivity contribution in [3.05, 3.63) is 54.4 Å². The quantitative estimate of drug-likeness (QED) is 0.724. The van der Waals surface area contributed by atoms with Crippen LogP contribution < -0.4 is 5.32 Å². The topological polar surface area (TPSA) is 66.4 Å². The molecular formula is C16H18FNO3. The Balaban J connectivity index is 2.46. The van der Waals surface area contributed by atoms with Gasteiger partial charge in [0.1, 0.15) is 11.9 Å². The number of hydrogen-bond acceptors (Lipinski definition) is 2. The zero-order valence-corrected chi connectivity index (χ0v) is 11.6. The van der Waals surface area contributed by atoms with E-state index in [0.717, 1.165) is 5.56 Å². The van der Waals surface area contributed by atoms with Crippen molar-refractivity contribution in [2.75, 3.05) is 0 Å². The van der Waals surface area contributed by atoms with E-state index in [1.165, 1.54) is 12.1 Å². The highest BCUT2D eigenvalue weighted by Gasteiger charge is 2.17. The van der Waals surface area contributed by atoms with Crippen LogP contribution in [0.2, 0.25) is 0 Å². The van der Waals surface area contributed by atoms with Gasteiger partial charge in [-0.3, -0.25) is 4.79 Å². The number of hydrogen-bond donors (Lipinski definition) is 2. The Kier molecular flexibility index (Phi) is 6.87. The fourth-order valence-electron chi connectivity index (χ4n) is 1.67. The van der Waals surface area contributed by atoms with Gasteiger partial charge in [0.25, 0.3) is 0 Å². The molecule has 112 valence electrons. The maximum Gasteiger partial charge on any atom is 0.326 e. The highest BCUT2D eigenvalue weighted by Crippen LogP contribution is 2.05. The number of benzene rings is 1. The molecule has 0 saturated heterocycles. The van der Waals surface area contributed by atoms with Crippen LogP contribution in [0.25, 0.3) is 6.08 Å². The van der Waals surface area contributed by atoms with E-state index in [4.69, 9.17) is 5.11 Å². The molecule has 0 radical (unpaired) electrons. The number of aliphatic carboxylic acids is 1. The number of allylic oxidation sites excluding steroid dienone is 1. The van der Waals surface area contributed by atoms with E-state index in [2.05, 4.69) is 11.9 Å². The molecule has 5 heteroatoms. The Bertz CT molecular complexity index is 523. The van der Waals surface area contributed by atoms with E-state index in [9.17, 15) is 14.0 Å². The summed E-state index contributed by atoms with van der Waals surface area (Å²) in [6, 6.07) is 4.93. The van der Waals surface area contributed by atoms with E-state index in [-0.39, 0.29) is 18.1 Å². The first-order chi connectivity index (χ1) is 10.0. The first-order valence-electron chi connectivity index (χ1n) is 6.58. The van der Waals surface area contributed by atoms with Crippen molar-refractivity contribution in [3.8, 4) is 0 Å². The van der Waals surface area contributed by atoms with Crippen LogP contribution in [-0.2, 0) is 9.59 Å². The van der Waals surface area contributed by atoms with Crippen LogP contribution in [0.3, 0.4) is 0 Å². The molecule has 21 heavy (non-hydrogen) atoms. The molecule has 0 aliphatic rings. The van der Waals surface area contributed by atoms with Gasteiger partial charge in [0, 0.05) is 6.42 Å². The standard InChI is InChI=1S/C16H18FNO3/c1-2-3-6-14(16(20)21)18-15(19)7-4-5-12-8-10-13(17)11-9-12/h2,4-5,8-11,14H,1,3,6-7H2,(H,18,19)(H,20,21)/b5-4+. The monoisotopic (exact) mass is 291 g/mol. The number of carbonyl (C=O) groups is 2. The molecule has 0 fully saturated rings. The van der Waals surface area contributed by atoms with Gasteiger partial charge in [-0.15, -0.1) is 6.58 Å². The first kappa shape index (κ1) is 16.6. The number of carboxylic acid groups (broad SMARTS) is 1. The lowest BCUT2D eigenvalue weighted by atomic mass is 10.1. The smallest absolute Gasteiger partial charge is 0.326 e. The first-order valence-corrected chi connectivity index (χ1v) is 6.58. The number of amides is 1. The van der Waals surface area contributed by atoms with Crippen LogP contribution in [0.1, 0.15) is 24.8 Å². The van der Waals surface area contributed by atoms with Gasteiger partial charge in [-0.05, 0) is 30.5 Å². The molecule has 2 N–H and O–H groups in total. The third-order valence-electron chi connectivity index (χ3n) is 2.78. The van der Waals surface area contributed by atoms with Crippen molar-refractivity contribution in [1.82, 2.24) is 5.32 Å². The summed E-state index contributed by atoms with van der Waals surface area (Å²) in [4.78, 5) is 22.6. The molecule has 0 heterocycles. The molecule has 0 saturated carbocycles. The van der Waals surface area contributed by atoms with E-state index < -0.39 is 12.0 Å². The predicted molar refractivity (Wildman–Crippen MR) is 79.0 cm³/mol. The lowest BCUT2D eigenvalue weighted by Gasteiger charge is -2.12. The second-order valence-corrected chi connectivity index (χ2v) is 4.48. The summed E-state index contributed by atoms with van der Waals surface area (Å²) < 4.78 is 12.7. The number of rotatable bonds is 8. The van der Waals surface area contributed by atoms with Gasteiger partial charge >= 0.3 is 5.97 Å². The Morgan fingerprint density at radius 2 is 2.00 bits per heavy atom. The minimum Gasteiger partial charge on any atom is -0.480 e. The van der Waals surface area contributed by atoms with E-state index in [0.29, 0.717) is 12.8 Å². The van der Waals surface area contributed by atoms with Crippen molar-refractivity contribution in [2.24, 2.45) is 0 Å². The van der Waals surface area contributed by atoms with Crippen LogP contribution in [0.5, 0.6) is 0 Å². The van der Waals surface area contributed by atoms with Gasteiger partial charge in [-0.25, -0.2) is 9.18 Å². The fraction of sp³-hybridized carbons (Fsp3) is 0.250. The second kappa shape index (κ2) is 8.68. The molecule has 1 aromatic carbocycles. The average Bonchev–Trinajstić information content (AvgIpc) is 2.45. The Morgan fingerprint density at radius 1 is 1.33 bits per heavy atom. The van der Waals surface area contributed by atoms with Crippen molar-refractivity contribution >= 4 is 18.0 Å². The van der Waals surface area contributed by atoms with Gasteiger partial charge < -0.3 is 10.4 Å². The molecular weight excluding hydrogens is 273 g/mol. The zero-order chi connectivity index (χ0) is 15.7. The van der Waals surface area contributed by atoms with Crippen LogP contribution in [0.15, 0.2) is 43.0 Å². The highest BCUT2D eigenvalue weighted by molar-refractivity contribution is 5.84. The zero-order valence-electron chi connectivity index (χ0n) is 11.6. The molecule has 0 aliphatic heterocycles. The van der Waals surface area contributed by atoms with Crippen molar-refractivity contribution in [2.45, 2.75) is 25.3 Å². The summed E-state index contributed by atoms with van der Waals surface area (Å²) in [5.41, 5.74) is 0.769. The maximum absolute atomic E-state index is 12.7. The Hall–Kier alpha value is -2.43. The summed E-state index contributed by atoms with van der Waals surface area (Å²) in [7, 11) is 0. The molecule has 1 unspecified atom stereocenters. The molecule has 0 aromatic heterocycles. The Labute approximate surface area is 123 Å². The van der Waals surface area contributed by atoms with E-state index in [1.54, 1.807) is 30.4 Å². The van der Waals surface area contributed by atoms with E-state index in [1.807, 2.05) is 0 Å². The van der Waals surface area contributed by atoms with Crippen LogP contribution >= 0.6 is 0 Å². The molecule has 0 bridgehead atoms. The van der Waals surface area contributed by atoms with E-state index >= 15 is 0 Å². The van der Waals surface area contributed by atoms with Crippen LogP contribution in [-0.4, -0.2) is 23.0 Å². The molecule has 4 nitrogen and oxygen atoms in total. The molecule has 1 atom stereocenters. The third kappa shape index (κ3) is 6.51. The maximum atomic E-state index is 12.7. The van der Waals surface area contributed by atoms with Crippen molar-refractivity contribution in [3.63, 3.8) is 0 Å². The molecule has 1 amide bonds. The number of halogens is 1. The number of carboxylic acids is 1. The van der Waals surface area contributed by atoms with Gasteiger partial charge in [0.2, 0.25) is 5.91 Å². The van der Waals surface area contributed by atoms with Gasteiger partial charge in [-0.2, -0.15) is 0 Å². The minimum atomic E-state index is -1.06. The molecule has 0 spiro atoms. The van der Waals surface area contributed by atoms with Crippen LogP contribution in [0.4, 0.5) is 4.39 Å². The lowest BCUT2D eigenvalue weighted by molar-refractivity contribution is -0.141. The number of nitrogens with one attached hydrogen (secondary N) is 1. The fourth-order valence-corrected chi connectivity index (χ4v) is 1.67. The summed E-state index contributed by atoms with van der Waals surface area (Å²) in [6.45, 7) is 3.52. The summed E-state index contributed by atoms with van der Waals surface area (Å²) in [6.07, 6.45) is 5.79. The lowest BCUT2D eigenvalue weighted by Crippen LogP contribution is -2.40. The second-order valence-electron chi connectivity index (χ2n) is 4.48. The molecule has 1 aromatic rings. The van der Waals surface area contributed by atoms with Gasteiger partial charge in [-0.1, -0.05) is 30.4 Å². The number of carbonyl (C=O) groups excluding carboxylic acids is 1. The Morgan fingerprint density at radius 3 is 2.57 bits per heavy atom.